The third-order valence-corrected chi connectivity index (χ3v) is 2.28. The van der Waals surface area contributed by atoms with E-state index in [4.69, 9.17) is 10.4 Å². The molecule has 0 unspecified atom stereocenters. The fraction of sp³-hybridized carbons (Fsp3) is 0.667. The average molecular weight is 184 g/mol. The van der Waals surface area contributed by atoms with Crippen molar-refractivity contribution in [3.63, 3.8) is 0 Å². The van der Waals surface area contributed by atoms with Crippen LogP contribution in [-0.4, -0.2) is 30.0 Å². The Kier molecular flexibility index (Phi) is 4.41. The van der Waals surface area contributed by atoms with Gasteiger partial charge < -0.3 is 5.84 Å². The highest BCUT2D eigenvalue weighted by Crippen LogP contribution is 1.95. The molecular weight excluding hydrogens is 176 g/mol. The quantitative estimate of drug-likeness (QED) is 0.153. The number of nitrogens with two attached hydrogens (primary N) is 1. The zero-order chi connectivity index (χ0) is 8.04. The van der Waals surface area contributed by atoms with Gasteiger partial charge in [-0.25, -0.2) is 0 Å². The van der Waals surface area contributed by atoms with Gasteiger partial charge in [0.15, 0.2) is 0 Å². The van der Waals surface area contributed by atoms with Crippen molar-refractivity contribution in [3.05, 3.63) is 0 Å². The van der Waals surface area contributed by atoms with Crippen LogP contribution < -0.4 is 5.84 Å². The molecule has 60 valence electrons. The van der Waals surface area contributed by atoms with Crippen LogP contribution in [0.1, 0.15) is 0 Å². The first-order valence-electron chi connectivity index (χ1n) is 2.35. The molecule has 5 nitrogen and oxygen atoms in total. The van der Waals surface area contributed by atoms with Crippen LogP contribution in [0.15, 0.2) is 5.10 Å². The van der Waals surface area contributed by atoms with Crippen molar-refractivity contribution in [3.8, 4) is 0 Å². The average Bonchev–Trinajstić information content (AvgIpc) is 1.78. The predicted molar refractivity (Wildman–Crippen MR) is 41.6 cm³/mol. The molecule has 0 heterocycles. The molecule has 0 atom stereocenters. The van der Waals surface area contributed by atoms with Crippen LogP contribution in [0.5, 0.6) is 0 Å². The van der Waals surface area contributed by atoms with Gasteiger partial charge in [0.2, 0.25) is 0 Å². The minimum Gasteiger partial charge on any atom is -0.323 e. The second-order valence-corrected chi connectivity index (χ2v) is 3.94. The first-order valence-corrected chi connectivity index (χ1v) is 5.00. The van der Waals surface area contributed by atoms with Crippen LogP contribution in [0.2, 0.25) is 0 Å². The molecule has 0 aliphatic carbocycles. The van der Waals surface area contributed by atoms with Gasteiger partial charge in [-0.3, -0.25) is 4.55 Å². The highest BCUT2D eigenvalue weighted by molar-refractivity contribution is 8.12. The molecule has 0 aromatic carbocycles. The molecule has 0 spiro atoms. The van der Waals surface area contributed by atoms with Crippen molar-refractivity contribution in [2.75, 3.05) is 11.5 Å². The summed E-state index contributed by atoms with van der Waals surface area (Å²) in [6, 6.07) is 0. The molecule has 0 amide bonds. The van der Waals surface area contributed by atoms with E-state index in [1.54, 1.807) is 0 Å². The summed E-state index contributed by atoms with van der Waals surface area (Å²) in [5.74, 6) is 4.70. The third kappa shape index (κ3) is 7.73. The number of hydrogen-bond acceptors (Lipinski definition) is 5. The minimum absolute atomic E-state index is 0.263. The summed E-state index contributed by atoms with van der Waals surface area (Å²) in [6.45, 7) is 0. The Morgan fingerprint density at radius 3 is 2.70 bits per heavy atom. The van der Waals surface area contributed by atoms with E-state index in [9.17, 15) is 8.42 Å². The molecule has 0 radical (unpaired) electrons. The van der Waals surface area contributed by atoms with E-state index in [0.717, 1.165) is 11.8 Å². The maximum absolute atomic E-state index is 10.1. The zero-order valence-electron chi connectivity index (χ0n) is 5.10. The minimum atomic E-state index is -3.83. The number of hydrogen-bond donors (Lipinski definition) is 2. The van der Waals surface area contributed by atoms with Crippen molar-refractivity contribution in [2.24, 2.45) is 10.9 Å². The van der Waals surface area contributed by atoms with E-state index in [2.05, 4.69) is 5.10 Å². The second kappa shape index (κ2) is 4.53. The van der Waals surface area contributed by atoms with E-state index >= 15 is 0 Å². The van der Waals surface area contributed by atoms with E-state index in [1.807, 2.05) is 0 Å². The Hall–Kier alpha value is -0.270. The molecule has 0 bridgehead atoms. The van der Waals surface area contributed by atoms with Gasteiger partial charge in [-0.2, -0.15) is 13.5 Å². The Bertz CT molecular complexity index is 198. The van der Waals surface area contributed by atoms with Crippen LogP contribution in [0.4, 0.5) is 0 Å². The summed E-state index contributed by atoms with van der Waals surface area (Å²) in [4.78, 5) is 0. The predicted octanol–water partition coefficient (Wildman–Crippen LogP) is -0.491. The molecule has 0 aliphatic rings. The lowest BCUT2D eigenvalue weighted by Crippen LogP contribution is -2.05. The Morgan fingerprint density at radius 2 is 2.30 bits per heavy atom. The maximum atomic E-state index is 10.1. The van der Waals surface area contributed by atoms with Gasteiger partial charge in [0.25, 0.3) is 10.1 Å². The highest BCUT2D eigenvalue weighted by atomic mass is 32.2. The third-order valence-electron chi connectivity index (χ3n) is 0.595. The molecule has 0 saturated carbocycles. The van der Waals surface area contributed by atoms with Crippen LogP contribution in [-0.2, 0) is 10.1 Å². The summed E-state index contributed by atoms with van der Waals surface area (Å²) < 4.78 is 28.3. The van der Waals surface area contributed by atoms with Crippen LogP contribution in [0.25, 0.3) is 0 Å². The van der Waals surface area contributed by atoms with E-state index in [1.165, 1.54) is 5.55 Å². The Morgan fingerprint density at radius 1 is 1.70 bits per heavy atom. The standard InChI is InChI=1S/C3H8N2O3S2/c4-5-3-9-1-2-10(6,7)8/h3H,1-2,4H2,(H,6,7,8). The van der Waals surface area contributed by atoms with Gasteiger partial charge in [0, 0.05) is 5.75 Å². The van der Waals surface area contributed by atoms with Gasteiger partial charge in [-0.05, 0) is 0 Å². The monoisotopic (exact) mass is 184 g/mol. The number of rotatable bonds is 4. The first-order chi connectivity index (χ1) is 4.56. The number of hydrazone groups is 1. The smallest absolute Gasteiger partial charge is 0.265 e. The number of nitrogens with zero attached hydrogens (tertiary/aromatic N) is 1. The van der Waals surface area contributed by atoms with Gasteiger partial charge in [-0.15, -0.1) is 11.8 Å². The Balaban J connectivity index is 3.39. The van der Waals surface area contributed by atoms with Gasteiger partial charge in [0.1, 0.15) is 0 Å². The van der Waals surface area contributed by atoms with Crippen molar-refractivity contribution in [2.45, 2.75) is 0 Å². The fourth-order valence-corrected chi connectivity index (χ4v) is 1.67. The van der Waals surface area contributed by atoms with Gasteiger partial charge in [0.05, 0.1) is 11.3 Å². The molecule has 0 fully saturated rings. The summed E-state index contributed by atoms with van der Waals surface area (Å²) in [7, 11) is -3.83. The molecule has 0 aliphatic heterocycles. The van der Waals surface area contributed by atoms with Crippen LogP contribution >= 0.6 is 11.8 Å². The molecule has 3 N–H and O–H groups in total. The lowest BCUT2D eigenvalue weighted by molar-refractivity contribution is 0.485. The summed E-state index contributed by atoms with van der Waals surface area (Å²) in [5.41, 5.74) is 1.31. The lowest BCUT2D eigenvalue weighted by Gasteiger charge is -1.90. The topological polar surface area (TPSA) is 92.8 Å². The summed E-state index contributed by atoms with van der Waals surface area (Å²) in [5, 5.41) is 3.12. The first kappa shape index (κ1) is 9.73. The van der Waals surface area contributed by atoms with Crippen molar-refractivity contribution in [1.29, 1.82) is 0 Å². The van der Waals surface area contributed by atoms with Crippen LogP contribution in [0, 0.1) is 0 Å². The maximum Gasteiger partial charge on any atom is 0.265 e. The van der Waals surface area contributed by atoms with Crippen LogP contribution in [0.3, 0.4) is 0 Å². The molecule has 7 heteroatoms. The SMILES string of the molecule is NN=CSCCS(=O)(=O)O. The summed E-state index contributed by atoms with van der Waals surface area (Å²) in [6.07, 6.45) is 0. The van der Waals surface area contributed by atoms with Gasteiger partial charge >= 0.3 is 0 Å². The number of thioether (sulfide) groups is 1. The van der Waals surface area contributed by atoms with E-state index < -0.39 is 10.1 Å². The van der Waals surface area contributed by atoms with E-state index in [-0.39, 0.29) is 11.5 Å². The lowest BCUT2D eigenvalue weighted by atomic mass is 11.0. The van der Waals surface area contributed by atoms with Gasteiger partial charge in [-0.1, -0.05) is 0 Å². The molecule has 0 aromatic heterocycles. The fourth-order valence-electron chi connectivity index (χ4n) is 0.249. The zero-order valence-corrected chi connectivity index (χ0v) is 6.73. The van der Waals surface area contributed by atoms with Crippen molar-refractivity contribution < 1.29 is 13.0 Å². The van der Waals surface area contributed by atoms with Crippen molar-refractivity contribution in [1.82, 2.24) is 0 Å². The molecule has 0 rings (SSSR count). The molecule has 0 saturated heterocycles. The highest BCUT2D eigenvalue weighted by Gasteiger charge is 2.01. The summed E-state index contributed by atoms with van der Waals surface area (Å²) >= 11 is 1.12. The van der Waals surface area contributed by atoms with Crippen molar-refractivity contribution >= 4 is 27.4 Å². The Labute approximate surface area is 63.4 Å². The van der Waals surface area contributed by atoms with E-state index in [0.29, 0.717) is 0 Å². The second-order valence-electron chi connectivity index (χ2n) is 1.41. The molecular formula is C3H8N2O3S2. The molecule has 0 aromatic rings. The molecule has 10 heavy (non-hydrogen) atoms. The normalized spacial score (nSPS) is 12.5. The largest absolute Gasteiger partial charge is 0.323 e.